The lowest BCUT2D eigenvalue weighted by Gasteiger charge is -2.20. The summed E-state index contributed by atoms with van der Waals surface area (Å²) in [6.07, 6.45) is 0.975. The van der Waals surface area contributed by atoms with E-state index in [2.05, 4.69) is 47.0 Å². The van der Waals surface area contributed by atoms with Crippen molar-refractivity contribution in [2.24, 2.45) is 0 Å². The quantitative estimate of drug-likeness (QED) is 0.600. The third-order valence-electron chi connectivity index (χ3n) is 2.96. The van der Waals surface area contributed by atoms with Crippen molar-refractivity contribution in [3.8, 4) is 0 Å². The van der Waals surface area contributed by atoms with Gasteiger partial charge in [-0.3, -0.25) is 0 Å². The molecule has 0 saturated heterocycles. The lowest BCUT2D eigenvalue weighted by molar-refractivity contribution is 0.749. The fourth-order valence-electron chi connectivity index (χ4n) is 1.92. The van der Waals surface area contributed by atoms with E-state index in [0.717, 1.165) is 17.7 Å². The van der Waals surface area contributed by atoms with Crippen molar-refractivity contribution in [1.29, 1.82) is 0 Å². The zero-order chi connectivity index (χ0) is 13.8. The van der Waals surface area contributed by atoms with Crippen LogP contribution < -0.4 is 5.32 Å². The van der Waals surface area contributed by atoms with Gasteiger partial charge in [0.2, 0.25) is 0 Å². The van der Waals surface area contributed by atoms with E-state index in [9.17, 15) is 0 Å². The van der Waals surface area contributed by atoms with Crippen LogP contribution in [0.15, 0.2) is 42.5 Å². The molecule has 0 aliphatic rings. The molecule has 0 spiro atoms. The van der Waals surface area contributed by atoms with Crippen LogP contribution in [0.3, 0.4) is 0 Å². The van der Waals surface area contributed by atoms with Gasteiger partial charge in [0.05, 0.1) is 16.1 Å². The van der Waals surface area contributed by atoms with Crippen molar-refractivity contribution < 1.29 is 0 Å². The van der Waals surface area contributed by atoms with Crippen LogP contribution in [0.25, 0.3) is 0 Å². The minimum Gasteiger partial charge on any atom is -0.377 e. The Hall–Kier alpha value is -0.450. The monoisotopic (exact) mass is 405 g/mol. The zero-order valence-electron chi connectivity index (χ0n) is 10.5. The smallest absolute Gasteiger partial charge is 0.0595 e. The molecule has 0 bridgehead atoms. The van der Waals surface area contributed by atoms with Crippen LogP contribution >= 0.6 is 45.8 Å². The van der Waals surface area contributed by atoms with Gasteiger partial charge < -0.3 is 5.32 Å². The zero-order valence-corrected chi connectivity index (χ0v) is 14.1. The van der Waals surface area contributed by atoms with Gasteiger partial charge in [0, 0.05) is 9.26 Å². The molecule has 0 fully saturated rings. The fraction of sp³-hybridized carbons (Fsp3) is 0.200. The van der Waals surface area contributed by atoms with Gasteiger partial charge in [-0.05, 0) is 58.8 Å². The summed E-state index contributed by atoms with van der Waals surface area (Å²) in [5.74, 6) is 0. The first-order chi connectivity index (χ1) is 9.11. The van der Waals surface area contributed by atoms with E-state index in [1.165, 1.54) is 3.57 Å². The Morgan fingerprint density at radius 1 is 1.11 bits per heavy atom. The summed E-state index contributed by atoms with van der Waals surface area (Å²) >= 11 is 14.4. The second kappa shape index (κ2) is 6.82. The largest absolute Gasteiger partial charge is 0.377 e. The van der Waals surface area contributed by atoms with Crippen LogP contribution in [0.1, 0.15) is 24.9 Å². The van der Waals surface area contributed by atoms with Gasteiger partial charge in [0.25, 0.3) is 0 Å². The Kier molecular flexibility index (Phi) is 5.37. The van der Waals surface area contributed by atoms with Gasteiger partial charge in [-0.1, -0.05) is 48.3 Å². The highest BCUT2D eigenvalue weighted by atomic mass is 127. The van der Waals surface area contributed by atoms with E-state index < -0.39 is 0 Å². The van der Waals surface area contributed by atoms with Gasteiger partial charge in [0.15, 0.2) is 0 Å². The highest BCUT2D eigenvalue weighted by Gasteiger charge is 2.12. The van der Waals surface area contributed by atoms with Crippen molar-refractivity contribution in [3.05, 3.63) is 61.6 Å². The lowest BCUT2D eigenvalue weighted by Crippen LogP contribution is -2.10. The van der Waals surface area contributed by atoms with Crippen LogP contribution in [0.4, 0.5) is 5.69 Å². The van der Waals surface area contributed by atoms with E-state index in [-0.39, 0.29) is 6.04 Å². The molecule has 0 radical (unpaired) electrons. The van der Waals surface area contributed by atoms with Crippen molar-refractivity contribution in [1.82, 2.24) is 0 Å². The molecule has 0 aromatic heterocycles. The Morgan fingerprint density at radius 2 is 1.84 bits per heavy atom. The molecule has 100 valence electrons. The number of rotatable bonds is 4. The Balaban J connectivity index is 2.25. The number of hydrogen-bond donors (Lipinski definition) is 1. The maximum absolute atomic E-state index is 6.09. The van der Waals surface area contributed by atoms with E-state index in [1.807, 2.05) is 30.3 Å². The first kappa shape index (κ1) is 14.9. The predicted molar refractivity (Wildman–Crippen MR) is 92.3 cm³/mol. The molecule has 0 amide bonds. The summed E-state index contributed by atoms with van der Waals surface area (Å²) in [4.78, 5) is 0. The predicted octanol–water partition coefficient (Wildman–Crippen LogP) is 6.16. The second-order valence-electron chi connectivity index (χ2n) is 4.26. The Bertz CT molecular complexity index is 572. The van der Waals surface area contributed by atoms with Gasteiger partial charge >= 0.3 is 0 Å². The molecule has 0 aliphatic heterocycles. The van der Waals surface area contributed by atoms with Crippen molar-refractivity contribution in [2.45, 2.75) is 19.4 Å². The molecule has 1 unspecified atom stereocenters. The molecule has 2 aromatic rings. The molecule has 1 N–H and O–H groups in total. The van der Waals surface area contributed by atoms with Crippen LogP contribution in [0.2, 0.25) is 10.0 Å². The van der Waals surface area contributed by atoms with Gasteiger partial charge in [0.1, 0.15) is 0 Å². The van der Waals surface area contributed by atoms with E-state index >= 15 is 0 Å². The first-order valence-electron chi connectivity index (χ1n) is 6.08. The SMILES string of the molecule is CCC(Nc1ccccc1I)c1ccc(Cl)c(Cl)c1. The third kappa shape index (κ3) is 3.77. The number of benzene rings is 2. The summed E-state index contributed by atoms with van der Waals surface area (Å²) in [5.41, 5.74) is 2.29. The molecular weight excluding hydrogens is 392 g/mol. The molecule has 2 aromatic carbocycles. The van der Waals surface area contributed by atoms with Crippen LogP contribution in [0.5, 0.6) is 0 Å². The second-order valence-corrected chi connectivity index (χ2v) is 6.24. The van der Waals surface area contributed by atoms with Crippen LogP contribution in [-0.4, -0.2) is 0 Å². The van der Waals surface area contributed by atoms with Gasteiger partial charge in [-0.2, -0.15) is 0 Å². The number of halogens is 3. The average molecular weight is 406 g/mol. The molecule has 4 heteroatoms. The molecule has 2 rings (SSSR count). The minimum absolute atomic E-state index is 0.227. The molecule has 0 aliphatic carbocycles. The number of nitrogens with one attached hydrogen (secondary N) is 1. The van der Waals surface area contributed by atoms with E-state index in [0.29, 0.717) is 10.0 Å². The summed E-state index contributed by atoms with van der Waals surface area (Å²) in [7, 11) is 0. The number of para-hydroxylation sites is 1. The first-order valence-corrected chi connectivity index (χ1v) is 7.91. The number of anilines is 1. The number of hydrogen-bond acceptors (Lipinski definition) is 1. The molecule has 1 atom stereocenters. The van der Waals surface area contributed by atoms with E-state index in [4.69, 9.17) is 23.2 Å². The molecule has 1 nitrogen and oxygen atoms in total. The minimum atomic E-state index is 0.227. The summed E-state index contributed by atoms with van der Waals surface area (Å²) in [6.45, 7) is 2.15. The normalized spacial score (nSPS) is 12.2. The van der Waals surface area contributed by atoms with Crippen LogP contribution in [0, 0.1) is 3.57 Å². The summed E-state index contributed by atoms with van der Waals surface area (Å²) in [5, 5.41) is 4.74. The molecular formula is C15H14Cl2IN. The van der Waals surface area contributed by atoms with Gasteiger partial charge in [-0.15, -0.1) is 0 Å². The Morgan fingerprint density at radius 3 is 2.47 bits per heavy atom. The summed E-state index contributed by atoms with van der Waals surface area (Å²) in [6, 6.07) is 14.3. The van der Waals surface area contributed by atoms with Gasteiger partial charge in [-0.25, -0.2) is 0 Å². The maximum Gasteiger partial charge on any atom is 0.0595 e. The third-order valence-corrected chi connectivity index (χ3v) is 4.64. The molecule has 19 heavy (non-hydrogen) atoms. The standard InChI is InChI=1S/C15H14Cl2IN/c1-2-14(10-7-8-11(16)12(17)9-10)19-15-6-4-3-5-13(15)18/h3-9,14,19H,2H2,1H3. The maximum atomic E-state index is 6.09. The van der Waals surface area contributed by atoms with Crippen molar-refractivity contribution in [3.63, 3.8) is 0 Å². The Labute approximate surface area is 137 Å². The average Bonchev–Trinajstić information content (AvgIpc) is 2.41. The summed E-state index contributed by atoms with van der Waals surface area (Å²) < 4.78 is 1.21. The highest BCUT2D eigenvalue weighted by Crippen LogP contribution is 2.30. The van der Waals surface area contributed by atoms with Crippen molar-refractivity contribution in [2.75, 3.05) is 5.32 Å². The topological polar surface area (TPSA) is 12.0 Å². The van der Waals surface area contributed by atoms with Crippen molar-refractivity contribution >= 4 is 51.5 Å². The lowest BCUT2D eigenvalue weighted by atomic mass is 10.0. The fourth-order valence-corrected chi connectivity index (χ4v) is 2.77. The molecule has 0 saturated carbocycles. The van der Waals surface area contributed by atoms with E-state index in [1.54, 1.807) is 0 Å². The highest BCUT2D eigenvalue weighted by molar-refractivity contribution is 14.1. The molecule has 0 heterocycles. The van der Waals surface area contributed by atoms with Crippen LogP contribution in [-0.2, 0) is 0 Å².